The zero-order valence-electron chi connectivity index (χ0n) is 12.7. The molecule has 7 heteroatoms. The van der Waals surface area contributed by atoms with E-state index in [0.717, 1.165) is 30.1 Å². The van der Waals surface area contributed by atoms with E-state index in [0.29, 0.717) is 24.2 Å². The van der Waals surface area contributed by atoms with Crippen LogP contribution in [0.2, 0.25) is 5.02 Å². The summed E-state index contributed by atoms with van der Waals surface area (Å²) in [7, 11) is 0. The Labute approximate surface area is 144 Å². The summed E-state index contributed by atoms with van der Waals surface area (Å²) < 4.78 is 0. The first-order chi connectivity index (χ1) is 11.2. The zero-order chi connectivity index (χ0) is 16.1. The Morgan fingerprint density at radius 1 is 1.35 bits per heavy atom. The van der Waals surface area contributed by atoms with Crippen molar-refractivity contribution in [2.75, 3.05) is 18.0 Å². The Hall–Kier alpha value is -1.79. The monoisotopic (exact) mass is 350 g/mol. The summed E-state index contributed by atoms with van der Waals surface area (Å²) >= 11 is 7.49. The van der Waals surface area contributed by atoms with Gasteiger partial charge < -0.3 is 15.5 Å². The van der Waals surface area contributed by atoms with Crippen LogP contribution in [0, 0.1) is 0 Å². The molecule has 0 saturated carbocycles. The van der Waals surface area contributed by atoms with E-state index in [4.69, 9.17) is 11.6 Å². The second-order valence-electron chi connectivity index (χ2n) is 5.49. The second kappa shape index (κ2) is 7.66. The van der Waals surface area contributed by atoms with Crippen molar-refractivity contribution in [1.82, 2.24) is 15.6 Å². The standard InChI is InChI=1S/C16H19ClN4OS/c17-13-5-3-12(4-6-13)10-19-15(22)20-11-14-2-1-8-21(14)16-18-7-9-23-16/h3-7,9,14H,1-2,8,10-11H2,(H2,19,20,22). The van der Waals surface area contributed by atoms with E-state index in [9.17, 15) is 4.79 Å². The molecule has 5 nitrogen and oxygen atoms in total. The molecule has 1 unspecified atom stereocenters. The molecule has 1 aromatic carbocycles. The van der Waals surface area contributed by atoms with Crippen molar-refractivity contribution in [2.24, 2.45) is 0 Å². The van der Waals surface area contributed by atoms with Crippen molar-refractivity contribution in [1.29, 1.82) is 0 Å². The maximum Gasteiger partial charge on any atom is 0.315 e. The molecule has 0 radical (unpaired) electrons. The molecular formula is C16H19ClN4OS. The highest BCUT2D eigenvalue weighted by atomic mass is 35.5. The van der Waals surface area contributed by atoms with Gasteiger partial charge in [-0.3, -0.25) is 0 Å². The van der Waals surface area contributed by atoms with Crippen molar-refractivity contribution in [2.45, 2.75) is 25.4 Å². The third kappa shape index (κ3) is 4.36. The lowest BCUT2D eigenvalue weighted by Crippen LogP contribution is -2.43. The van der Waals surface area contributed by atoms with Gasteiger partial charge in [-0.1, -0.05) is 23.7 Å². The molecule has 1 aliphatic rings. The number of aromatic nitrogens is 1. The predicted octanol–water partition coefficient (Wildman–Crippen LogP) is 3.26. The topological polar surface area (TPSA) is 57.3 Å². The largest absolute Gasteiger partial charge is 0.343 e. The van der Waals surface area contributed by atoms with Crippen molar-refractivity contribution in [3.63, 3.8) is 0 Å². The highest BCUT2D eigenvalue weighted by Crippen LogP contribution is 2.26. The molecule has 1 aromatic heterocycles. The maximum atomic E-state index is 12.0. The van der Waals surface area contributed by atoms with Crippen LogP contribution in [0.5, 0.6) is 0 Å². The van der Waals surface area contributed by atoms with Crippen LogP contribution in [0.4, 0.5) is 9.93 Å². The van der Waals surface area contributed by atoms with E-state index in [1.807, 2.05) is 35.8 Å². The first kappa shape index (κ1) is 16.1. The fourth-order valence-electron chi connectivity index (χ4n) is 2.72. The van der Waals surface area contributed by atoms with Gasteiger partial charge in [0.1, 0.15) is 0 Å². The van der Waals surface area contributed by atoms with E-state index in [2.05, 4.69) is 20.5 Å². The quantitative estimate of drug-likeness (QED) is 0.870. The van der Waals surface area contributed by atoms with Gasteiger partial charge in [0.25, 0.3) is 0 Å². The number of hydrogen-bond acceptors (Lipinski definition) is 4. The van der Waals surface area contributed by atoms with Crippen LogP contribution in [0.25, 0.3) is 0 Å². The summed E-state index contributed by atoms with van der Waals surface area (Å²) in [6.45, 7) is 2.13. The molecule has 3 rings (SSSR count). The van der Waals surface area contributed by atoms with Gasteiger partial charge in [0.15, 0.2) is 5.13 Å². The van der Waals surface area contributed by atoms with Gasteiger partial charge in [0.05, 0.1) is 0 Å². The minimum atomic E-state index is -0.147. The Balaban J connectivity index is 1.44. The summed E-state index contributed by atoms with van der Waals surface area (Å²) in [5.41, 5.74) is 1.02. The Morgan fingerprint density at radius 2 is 2.17 bits per heavy atom. The molecule has 0 aliphatic carbocycles. The number of carbonyl (C=O) groups excluding carboxylic acids is 1. The summed E-state index contributed by atoms with van der Waals surface area (Å²) in [6, 6.07) is 7.63. The Morgan fingerprint density at radius 3 is 2.91 bits per heavy atom. The first-order valence-corrected chi connectivity index (χ1v) is 8.90. The van der Waals surface area contributed by atoms with Gasteiger partial charge in [-0.15, -0.1) is 11.3 Å². The van der Waals surface area contributed by atoms with Gasteiger partial charge in [-0.2, -0.15) is 0 Å². The van der Waals surface area contributed by atoms with Crippen LogP contribution in [0.1, 0.15) is 18.4 Å². The molecule has 0 bridgehead atoms. The molecule has 2 heterocycles. The molecule has 2 aromatic rings. The smallest absolute Gasteiger partial charge is 0.315 e. The van der Waals surface area contributed by atoms with E-state index in [-0.39, 0.29) is 6.03 Å². The molecule has 23 heavy (non-hydrogen) atoms. The average Bonchev–Trinajstić information content (AvgIpc) is 3.23. The van der Waals surface area contributed by atoms with E-state index < -0.39 is 0 Å². The minimum absolute atomic E-state index is 0.147. The zero-order valence-corrected chi connectivity index (χ0v) is 14.2. The van der Waals surface area contributed by atoms with Gasteiger partial charge in [0.2, 0.25) is 0 Å². The van der Waals surface area contributed by atoms with Crippen LogP contribution in [0.3, 0.4) is 0 Å². The molecule has 1 saturated heterocycles. The van der Waals surface area contributed by atoms with Gasteiger partial charge >= 0.3 is 6.03 Å². The van der Waals surface area contributed by atoms with E-state index in [1.165, 1.54) is 0 Å². The third-order valence-corrected chi connectivity index (χ3v) is 4.97. The highest BCUT2D eigenvalue weighted by Gasteiger charge is 2.26. The number of nitrogens with zero attached hydrogens (tertiary/aromatic N) is 2. The van der Waals surface area contributed by atoms with E-state index in [1.54, 1.807) is 11.3 Å². The average molecular weight is 351 g/mol. The fraction of sp³-hybridized carbons (Fsp3) is 0.375. The van der Waals surface area contributed by atoms with Crippen LogP contribution in [-0.4, -0.2) is 30.1 Å². The number of anilines is 1. The number of benzene rings is 1. The van der Waals surface area contributed by atoms with Crippen LogP contribution >= 0.6 is 22.9 Å². The number of hydrogen-bond donors (Lipinski definition) is 2. The molecular weight excluding hydrogens is 332 g/mol. The summed E-state index contributed by atoms with van der Waals surface area (Å²) in [4.78, 5) is 18.6. The number of rotatable bonds is 5. The number of amides is 2. The lowest BCUT2D eigenvalue weighted by molar-refractivity contribution is 0.240. The molecule has 1 fully saturated rings. The molecule has 1 aliphatic heterocycles. The van der Waals surface area contributed by atoms with Crippen LogP contribution in [-0.2, 0) is 6.54 Å². The van der Waals surface area contributed by atoms with Crippen molar-refractivity contribution in [3.8, 4) is 0 Å². The molecule has 122 valence electrons. The van der Waals surface area contributed by atoms with Gasteiger partial charge in [-0.05, 0) is 30.5 Å². The van der Waals surface area contributed by atoms with Gasteiger partial charge in [0, 0.05) is 42.3 Å². The van der Waals surface area contributed by atoms with Gasteiger partial charge in [-0.25, -0.2) is 9.78 Å². The lowest BCUT2D eigenvalue weighted by atomic mass is 10.2. The Kier molecular flexibility index (Phi) is 5.35. The lowest BCUT2D eigenvalue weighted by Gasteiger charge is -2.24. The fourth-order valence-corrected chi connectivity index (χ4v) is 3.58. The SMILES string of the molecule is O=C(NCc1ccc(Cl)cc1)NCC1CCCN1c1nccs1. The van der Waals surface area contributed by atoms with Crippen molar-refractivity contribution >= 4 is 34.1 Å². The molecule has 1 atom stereocenters. The summed E-state index contributed by atoms with van der Waals surface area (Å²) in [6.07, 6.45) is 4.04. The molecule has 2 N–H and O–H groups in total. The normalized spacial score (nSPS) is 17.3. The number of halogens is 1. The summed E-state index contributed by atoms with van der Waals surface area (Å²) in [5.74, 6) is 0. The number of carbonyl (C=O) groups is 1. The van der Waals surface area contributed by atoms with E-state index >= 15 is 0 Å². The minimum Gasteiger partial charge on any atom is -0.343 e. The number of nitrogens with one attached hydrogen (secondary N) is 2. The number of thiazole rings is 1. The highest BCUT2D eigenvalue weighted by molar-refractivity contribution is 7.13. The van der Waals surface area contributed by atoms with Crippen LogP contribution < -0.4 is 15.5 Å². The Bertz CT molecular complexity index is 632. The number of urea groups is 1. The van der Waals surface area contributed by atoms with Crippen molar-refractivity contribution < 1.29 is 4.79 Å². The van der Waals surface area contributed by atoms with Crippen molar-refractivity contribution in [3.05, 3.63) is 46.4 Å². The summed E-state index contributed by atoms with van der Waals surface area (Å²) in [5, 5.41) is 9.54. The van der Waals surface area contributed by atoms with Crippen LogP contribution in [0.15, 0.2) is 35.8 Å². The second-order valence-corrected chi connectivity index (χ2v) is 6.80. The first-order valence-electron chi connectivity index (χ1n) is 7.64. The maximum absolute atomic E-state index is 12.0. The third-order valence-electron chi connectivity index (χ3n) is 3.91. The molecule has 0 spiro atoms. The predicted molar refractivity (Wildman–Crippen MR) is 94.2 cm³/mol. The molecule has 2 amide bonds.